The second-order valence-electron chi connectivity index (χ2n) is 19.7. The summed E-state index contributed by atoms with van der Waals surface area (Å²) < 4.78 is 98.7. The molecule has 5 rings (SSSR count). The van der Waals surface area contributed by atoms with Crippen molar-refractivity contribution in [1.29, 1.82) is 0 Å². The highest BCUT2D eigenvalue weighted by atomic mass is 32.3. The maximum absolute atomic E-state index is 14.5. The van der Waals surface area contributed by atoms with E-state index in [0.29, 0.717) is 18.8 Å². The highest BCUT2D eigenvalue weighted by Crippen LogP contribution is 2.70. The van der Waals surface area contributed by atoms with Crippen molar-refractivity contribution >= 4 is 48.1 Å². The molecule has 17 atom stereocenters. The van der Waals surface area contributed by atoms with Crippen LogP contribution in [0.5, 0.6) is 0 Å². The van der Waals surface area contributed by atoms with Gasteiger partial charge in [-0.2, -0.15) is 8.42 Å². The Bertz CT molecular complexity index is 1880. The number of carbonyl (C=O) groups excluding carboxylic acids is 5. The van der Waals surface area contributed by atoms with Crippen LogP contribution in [0, 0.1) is 52.3 Å². The van der Waals surface area contributed by atoms with Gasteiger partial charge in [0.1, 0.15) is 18.8 Å². The molecule has 0 amide bonds. The summed E-state index contributed by atoms with van der Waals surface area (Å²) in [6.45, 7) is 16.0. The lowest BCUT2D eigenvalue weighted by molar-refractivity contribution is -0.292. The lowest BCUT2D eigenvalue weighted by atomic mass is 9.43. The number of hydrogen-bond acceptors (Lipinski definition) is 17. The van der Waals surface area contributed by atoms with Gasteiger partial charge in [-0.15, -0.1) is 0 Å². The molecule has 0 aromatic heterocycles. The lowest BCUT2D eigenvalue weighted by Crippen LogP contribution is -2.62. The monoisotopic (exact) mass is 952 g/mol. The van der Waals surface area contributed by atoms with E-state index in [1.165, 1.54) is 6.92 Å². The Kier molecular flexibility index (Phi) is 16.9. The van der Waals surface area contributed by atoms with Gasteiger partial charge in [0.15, 0.2) is 18.3 Å². The zero-order valence-corrected chi connectivity index (χ0v) is 40.3. The van der Waals surface area contributed by atoms with Crippen LogP contribution in [0.2, 0.25) is 0 Å². The fraction of sp³-hybridized carbons (Fsp3) is 0.884. The molecule has 1 heterocycles. The molecule has 4 saturated carbocycles. The van der Waals surface area contributed by atoms with Crippen LogP contribution in [-0.4, -0.2) is 103 Å². The van der Waals surface area contributed by atoms with E-state index in [4.69, 9.17) is 41.7 Å². The Labute approximate surface area is 376 Å². The van der Waals surface area contributed by atoms with Crippen molar-refractivity contribution < 1.29 is 88.1 Å². The molecule has 17 unspecified atom stereocenters. The molecule has 19 nitrogen and oxygen atoms in total. The van der Waals surface area contributed by atoms with Crippen LogP contribution < -0.4 is 0 Å². The summed E-state index contributed by atoms with van der Waals surface area (Å²) in [5.41, 5.74) is -0.869. The van der Waals surface area contributed by atoms with E-state index < -0.39 is 103 Å². The Morgan fingerprint density at radius 1 is 0.719 bits per heavy atom. The fourth-order valence-electron chi connectivity index (χ4n) is 12.6. The molecular formula is C43H69O19PS. The third-order valence-corrected chi connectivity index (χ3v) is 16.3. The average Bonchev–Trinajstić information content (AvgIpc) is 3.43. The third kappa shape index (κ3) is 12.4. The van der Waals surface area contributed by atoms with E-state index in [2.05, 4.69) is 34.6 Å². The van der Waals surface area contributed by atoms with Gasteiger partial charge >= 0.3 is 48.1 Å². The molecule has 0 aromatic rings. The summed E-state index contributed by atoms with van der Waals surface area (Å²) in [6, 6.07) is 0. The molecule has 5 fully saturated rings. The SMILES string of the molecule is CC(=O)OCC1OC(OP(=O)(O)OC2CC3C(CCC4(C)C3CC(OC(C)=O)C4C(C)CCCC(C)C)C3(C)CCC(OS(=O)(=O)O)CC23)C(OC(C)=O)C(OC(C)=O)C1OC(C)=O. The number of esters is 5. The van der Waals surface area contributed by atoms with E-state index in [1.54, 1.807) is 0 Å². The number of ether oxygens (including phenoxy) is 6. The maximum Gasteiger partial charge on any atom is 0.474 e. The van der Waals surface area contributed by atoms with E-state index in [1.807, 2.05) is 0 Å². The predicted molar refractivity (Wildman–Crippen MR) is 224 cm³/mol. The van der Waals surface area contributed by atoms with Crippen LogP contribution in [0.25, 0.3) is 0 Å². The smallest absolute Gasteiger partial charge is 0.463 e. The molecular weight excluding hydrogens is 883 g/mol. The largest absolute Gasteiger partial charge is 0.474 e. The van der Waals surface area contributed by atoms with Gasteiger partial charge in [-0.25, -0.2) is 8.75 Å². The van der Waals surface area contributed by atoms with Gasteiger partial charge in [0, 0.05) is 40.5 Å². The number of carbonyl (C=O) groups is 5. The quantitative estimate of drug-likeness (QED) is 0.0729. The molecule has 1 saturated heterocycles. The lowest BCUT2D eigenvalue weighted by Gasteiger charge is -2.62. The van der Waals surface area contributed by atoms with E-state index >= 15 is 0 Å². The van der Waals surface area contributed by atoms with Crippen molar-refractivity contribution in [3.63, 3.8) is 0 Å². The first-order chi connectivity index (χ1) is 29.6. The topological polar surface area (TPSA) is 260 Å². The average molecular weight is 953 g/mol. The Morgan fingerprint density at radius 2 is 1.31 bits per heavy atom. The number of hydrogen-bond donors (Lipinski definition) is 2. The first-order valence-electron chi connectivity index (χ1n) is 22.5. The molecule has 0 aromatic carbocycles. The van der Waals surface area contributed by atoms with Gasteiger partial charge in [0.2, 0.25) is 6.29 Å². The van der Waals surface area contributed by atoms with Crippen LogP contribution in [-0.2, 0) is 80.6 Å². The van der Waals surface area contributed by atoms with Crippen molar-refractivity contribution in [2.45, 2.75) is 182 Å². The molecule has 1 aliphatic heterocycles. The van der Waals surface area contributed by atoms with Crippen molar-refractivity contribution in [1.82, 2.24) is 0 Å². The first kappa shape index (κ1) is 52.3. The van der Waals surface area contributed by atoms with Gasteiger partial charge in [-0.3, -0.25) is 37.6 Å². The highest BCUT2D eigenvalue weighted by molar-refractivity contribution is 7.80. The second-order valence-corrected chi connectivity index (χ2v) is 22.1. The van der Waals surface area contributed by atoms with E-state index in [9.17, 15) is 46.4 Å². The Hall–Kier alpha value is -2.71. The second kappa shape index (κ2) is 20.7. The molecule has 0 bridgehead atoms. The molecule has 21 heteroatoms. The normalized spacial score (nSPS) is 38.6. The molecule has 0 radical (unpaired) electrons. The van der Waals surface area contributed by atoms with Gasteiger partial charge in [-0.05, 0) is 91.3 Å². The summed E-state index contributed by atoms with van der Waals surface area (Å²) in [6.07, 6.45) is -4.72. The predicted octanol–water partition coefficient (Wildman–Crippen LogP) is 6.03. The Balaban J connectivity index is 1.52. The van der Waals surface area contributed by atoms with Crippen LogP contribution >= 0.6 is 7.82 Å². The number of rotatable bonds is 17. The van der Waals surface area contributed by atoms with Crippen LogP contribution in [0.3, 0.4) is 0 Å². The summed E-state index contributed by atoms with van der Waals surface area (Å²) in [4.78, 5) is 73.4. The first-order valence-corrected chi connectivity index (χ1v) is 25.3. The van der Waals surface area contributed by atoms with Gasteiger partial charge in [0.05, 0.1) is 12.2 Å². The zero-order valence-electron chi connectivity index (χ0n) is 38.6. The van der Waals surface area contributed by atoms with Crippen molar-refractivity contribution in [3.05, 3.63) is 0 Å². The summed E-state index contributed by atoms with van der Waals surface area (Å²) in [5, 5.41) is 0. The maximum atomic E-state index is 14.5. The third-order valence-electron chi connectivity index (χ3n) is 14.8. The molecule has 366 valence electrons. The molecule has 0 spiro atoms. The van der Waals surface area contributed by atoms with Crippen molar-refractivity contribution in [2.24, 2.45) is 52.3 Å². The van der Waals surface area contributed by atoms with Crippen molar-refractivity contribution in [2.75, 3.05) is 6.61 Å². The van der Waals surface area contributed by atoms with Crippen LogP contribution in [0.15, 0.2) is 0 Å². The Morgan fingerprint density at radius 3 is 1.89 bits per heavy atom. The summed E-state index contributed by atoms with van der Waals surface area (Å²) in [7, 11) is -10.2. The summed E-state index contributed by atoms with van der Waals surface area (Å²) in [5.74, 6) is -3.70. The zero-order chi connectivity index (χ0) is 47.7. The fourth-order valence-corrected chi connectivity index (χ4v) is 14.2. The van der Waals surface area contributed by atoms with Crippen LogP contribution in [0.1, 0.15) is 133 Å². The molecule has 64 heavy (non-hydrogen) atoms. The summed E-state index contributed by atoms with van der Waals surface area (Å²) >= 11 is 0. The van der Waals surface area contributed by atoms with Crippen molar-refractivity contribution in [3.8, 4) is 0 Å². The highest BCUT2D eigenvalue weighted by Gasteiger charge is 2.66. The minimum absolute atomic E-state index is 0.00238. The number of phosphoric acid groups is 1. The number of fused-ring (bicyclic) bond motifs is 5. The van der Waals surface area contributed by atoms with E-state index in [-0.39, 0.29) is 66.3 Å². The van der Waals surface area contributed by atoms with Gasteiger partial charge in [0.25, 0.3) is 0 Å². The standard InChI is InChI=1S/C43H69O19PS/c1-22(2)12-11-13-23(3)37-35(55-25(5)45)20-32-30-19-34(33-18-29(62-64(51,52)53)14-16-42(33,9)31(30)15-17-43(32,37)10)60-63(49,50)61-41-40(58-28(8)48)39(57-27(7)47)38(56-26(6)46)36(59-41)21-54-24(4)44/h22-23,29-41H,11-21H2,1-10H3,(H,49,50)(H,51,52,53). The number of phosphoric ester groups is 1. The van der Waals surface area contributed by atoms with Gasteiger partial charge < -0.3 is 33.3 Å². The van der Waals surface area contributed by atoms with Gasteiger partial charge in [-0.1, -0.05) is 53.9 Å². The minimum Gasteiger partial charge on any atom is -0.463 e. The molecule has 2 N–H and O–H groups in total. The van der Waals surface area contributed by atoms with E-state index in [0.717, 1.165) is 59.8 Å². The minimum atomic E-state index is -5.36. The molecule has 5 aliphatic rings. The molecule has 4 aliphatic carbocycles. The van der Waals surface area contributed by atoms with Crippen LogP contribution in [0.4, 0.5) is 0 Å².